The summed E-state index contributed by atoms with van der Waals surface area (Å²) in [4.78, 5) is 14.0. The van der Waals surface area contributed by atoms with Gasteiger partial charge in [0.05, 0.1) is 19.3 Å². The van der Waals surface area contributed by atoms with Crippen molar-refractivity contribution in [1.82, 2.24) is 10.2 Å². The summed E-state index contributed by atoms with van der Waals surface area (Å²) in [5.41, 5.74) is 1.84. The van der Waals surface area contributed by atoms with Gasteiger partial charge in [-0.2, -0.15) is 0 Å². The highest BCUT2D eigenvalue weighted by molar-refractivity contribution is 5.75. The zero-order valence-corrected chi connectivity index (χ0v) is 14.3. The first-order chi connectivity index (χ1) is 11.5. The van der Waals surface area contributed by atoms with Crippen molar-refractivity contribution < 1.29 is 14.6 Å². The summed E-state index contributed by atoms with van der Waals surface area (Å²) in [6.45, 7) is 1.91. The molecule has 5 nitrogen and oxygen atoms in total. The minimum atomic E-state index is -0.581. The minimum Gasteiger partial charge on any atom is -0.496 e. The van der Waals surface area contributed by atoms with Crippen LogP contribution >= 0.6 is 0 Å². The smallest absolute Gasteiger partial charge is 0.317 e. The lowest BCUT2D eigenvalue weighted by Crippen LogP contribution is -2.42. The van der Waals surface area contributed by atoms with Gasteiger partial charge >= 0.3 is 6.03 Å². The molecule has 0 radical (unpaired) electrons. The molecule has 128 valence electrons. The van der Waals surface area contributed by atoms with Crippen molar-refractivity contribution >= 4 is 6.03 Å². The van der Waals surface area contributed by atoms with Crippen molar-refractivity contribution in [3.8, 4) is 5.75 Å². The number of methoxy groups -OCH3 is 1. The molecule has 24 heavy (non-hydrogen) atoms. The number of urea groups is 1. The number of para-hydroxylation sites is 1. The van der Waals surface area contributed by atoms with Crippen molar-refractivity contribution in [2.24, 2.45) is 0 Å². The highest BCUT2D eigenvalue weighted by Gasteiger charge is 2.22. The molecule has 0 aliphatic carbocycles. The molecule has 2 amide bonds. The van der Waals surface area contributed by atoms with Crippen LogP contribution in [0, 0.1) is 0 Å². The number of rotatable bonds is 6. The van der Waals surface area contributed by atoms with Gasteiger partial charge in [-0.05, 0) is 18.6 Å². The van der Waals surface area contributed by atoms with Gasteiger partial charge in [0, 0.05) is 19.2 Å². The number of nitrogens with one attached hydrogen (secondary N) is 1. The Morgan fingerprint density at radius 2 is 1.79 bits per heavy atom. The lowest BCUT2D eigenvalue weighted by molar-refractivity contribution is 0.143. The summed E-state index contributed by atoms with van der Waals surface area (Å²) in [5.74, 6) is 0.713. The van der Waals surface area contributed by atoms with Crippen LogP contribution in [0.3, 0.4) is 0 Å². The summed E-state index contributed by atoms with van der Waals surface area (Å²) < 4.78 is 5.45. The zero-order chi connectivity index (χ0) is 17.5. The molecule has 5 heteroatoms. The molecule has 2 atom stereocenters. The number of aliphatic hydroxyl groups is 1. The topological polar surface area (TPSA) is 61.8 Å². The normalized spacial score (nSPS) is 13.0. The Hall–Kier alpha value is -2.53. The Kier molecular flexibility index (Phi) is 6.21. The van der Waals surface area contributed by atoms with Crippen LogP contribution in [0.5, 0.6) is 5.75 Å². The maximum Gasteiger partial charge on any atom is 0.317 e. The van der Waals surface area contributed by atoms with E-state index in [9.17, 15) is 9.90 Å². The van der Waals surface area contributed by atoms with E-state index in [1.165, 1.54) is 4.90 Å². The molecule has 0 spiro atoms. The van der Waals surface area contributed by atoms with E-state index in [0.29, 0.717) is 5.75 Å². The van der Waals surface area contributed by atoms with Crippen molar-refractivity contribution in [2.75, 3.05) is 20.7 Å². The van der Waals surface area contributed by atoms with Gasteiger partial charge in [-0.25, -0.2) is 4.79 Å². The van der Waals surface area contributed by atoms with Crippen LogP contribution in [0.4, 0.5) is 4.79 Å². The molecular formula is C19H24N2O3. The Labute approximate surface area is 142 Å². The predicted octanol–water partition coefficient (Wildman–Crippen LogP) is 2.81. The number of hydrogen-bond donors (Lipinski definition) is 2. The Balaban J connectivity index is 2.33. The lowest BCUT2D eigenvalue weighted by Gasteiger charge is -2.26. The average molecular weight is 328 g/mol. The van der Waals surface area contributed by atoms with Gasteiger partial charge in [-0.3, -0.25) is 0 Å². The number of nitrogens with zero attached hydrogens (tertiary/aromatic N) is 1. The molecule has 0 aliphatic heterocycles. The Morgan fingerprint density at radius 3 is 2.42 bits per heavy atom. The molecule has 0 saturated carbocycles. The van der Waals surface area contributed by atoms with E-state index in [0.717, 1.165) is 11.1 Å². The quantitative estimate of drug-likeness (QED) is 0.857. The van der Waals surface area contributed by atoms with E-state index in [4.69, 9.17) is 4.74 Å². The number of amides is 2. The second-order valence-electron chi connectivity index (χ2n) is 5.76. The van der Waals surface area contributed by atoms with Gasteiger partial charge in [0.2, 0.25) is 0 Å². The maximum atomic E-state index is 12.5. The molecule has 0 bridgehead atoms. The number of ether oxygens (including phenoxy) is 1. The standard InChI is InChI=1S/C19H24N2O3/c1-14(22)13-21(2)19(23)20-18(15-9-5-4-6-10-15)16-11-7-8-12-17(16)24-3/h4-12,14,18,22H,13H2,1-3H3,(H,20,23). The summed E-state index contributed by atoms with van der Waals surface area (Å²) in [6, 6.07) is 16.8. The van der Waals surface area contributed by atoms with E-state index in [2.05, 4.69) is 5.32 Å². The van der Waals surface area contributed by atoms with Crippen molar-refractivity contribution in [2.45, 2.75) is 19.1 Å². The van der Waals surface area contributed by atoms with Gasteiger partial charge in [0.1, 0.15) is 5.75 Å². The number of aliphatic hydroxyl groups excluding tert-OH is 1. The van der Waals surface area contributed by atoms with Gasteiger partial charge in [-0.15, -0.1) is 0 Å². The molecule has 2 aromatic rings. The van der Waals surface area contributed by atoms with Gasteiger partial charge < -0.3 is 20.1 Å². The third-order valence-corrected chi connectivity index (χ3v) is 3.74. The Bertz CT molecular complexity index is 659. The second-order valence-corrected chi connectivity index (χ2v) is 5.76. The largest absolute Gasteiger partial charge is 0.496 e. The first-order valence-electron chi connectivity index (χ1n) is 7.90. The summed E-state index contributed by atoms with van der Waals surface area (Å²) in [6.07, 6.45) is -0.581. The highest BCUT2D eigenvalue weighted by atomic mass is 16.5. The summed E-state index contributed by atoms with van der Waals surface area (Å²) in [5, 5.41) is 12.5. The summed E-state index contributed by atoms with van der Waals surface area (Å²) in [7, 11) is 3.27. The molecule has 2 unspecified atom stereocenters. The maximum absolute atomic E-state index is 12.5. The van der Waals surface area contributed by atoms with E-state index in [1.54, 1.807) is 21.1 Å². The summed E-state index contributed by atoms with van der Waals surface area (Å²) >= 11 is 0. The fourth-order valence-corrected chi connectivity index (χ4v) is 2.60. The number of hydrogen-bond acceptors (Lipinski definition) is 3. The predicted molar refractivity (Wildman–Crippen MR) is 94.1 cm³/mol. The lowest BCUT2D eigenvalue weighted by atomic mass is 9.98. The Morgan fingerprint density at radius 1 is 1.17 bits per heavy atom. The van der Waals surface area contributed by atoms with E-state index in [1.807, 2.05) is 54.6 Å². The van der Waals surface area contributed by atoms with Gasteiger partial charge in [0.15, 0.2) is 0 Å². The molecule has 2 rings (SSSR count). The SMILES string of the molecule is COc1ccccc1C(NC(=O)N(C)CC(C)O)c1ccccc1. The number of carbonyl (C=O) groups excluding carboxylic acids is 1. The third kappa shape index (κ3) is 4.49. The third-order valence-electron chi connectivity index (χ3n) is 3.74. The fourth-order valence-electron chi connectivity index (χ4n) is 2.60. The van der Waals surface area contributed by atoms with Gasteiger partial charge in [-0.1, -0.05) is 48.5 Å². The fraction of sp³-hybridized carbons (Fsp3) is 0.316. The molecule has 0 aliphatic rings. The molecule has 2 N–H and O–H groups in total. The van der Waals surface area contributed by atoms with E-state index in [-0.39, 0.29) is 18.6 Å². The minimum absolute atomic E-state index is 0.254. The second kappa shape index (κ2) is 8.36. The van der Waals surface area contributed by atoms with E-state index < -0.39 is 6.10 Å². The van der Waals surface area contributed by atoms with Gasteiger partial charge in [0.25, 0.3) is 0 Å². The van der Waals surface area contributed by atoms with Crippen LogP contribution in [0.2, 0.25) is 0 Å². The van der Waals surface area contributed by atoms with Crippen LogP contribution in [0.25, 0.3) is 0 Å². The molecule has 2 aromatic carbocycles. The number of benzene rings is 2. The molecular weight excluding hydrogens is 304 g/mol. The number of carbonyl (C=O) groups is 1. The van der Waals surface area contributed by atoms with E-state index >= 15 is 0 Å². The molecule has 0 saturated heterocycles. The first-order valence-corrected chi connectivity index (χ1v) is 7.90. The van der Waals surface area contributed by atoms with Crippen LogP contribution in [-0.4, -0.2) is 42.8 Å². The highest BCUT2D eigenvalue weighted by Crippen LogP contribution is 2.29. The van der Waals surface area contributed by atoms with Crippen LogP contribution in [0.15, 0.2) is 54.6 Å². The van der Waals surface area contributed by atoms with Crippen LogP contribution in [0.1, 0.15) is 24.1 Å². The number of likely N-dealkylation sites (N-methyl/N-ethyl adjacent to an activating group) is 1. The molecule has 0 aromatic heterocycles. The molecule has 0 fully saturated rings. The van der Waals surface area contributed by atoms with Crippen molar-refractivity contribution in [1.29, 1.82) is 0 Å². The molecule has 0 heterocycles. The van der Waals surface area contributed by atoms with Crippen molar-refractivity contribution in [3.05, 3.63) is 65.7 Å². The van der Waals surface area contributed by atoms with Crippen LogP contribution in [-0.2, 0) is 0 Å². The first kappa shape index (κ1) is 17.8. The zero-order valence-electron chi connectivity index (χ0n) is 14.3. The van der Waals surface area contributed by atoms with Crippen LogP contribution < -0.4 is 10.1 Å². The average Bonchev–Trinajstić information content (AvgIpc) is 2.59. The monoisotopic (exact) mass is 328 g/mol. The van der Waals surface area contributed by atoms with Crippen molar-refractivity contribution in [3.63, 3.8) is 0 Å².